The van der Waals surface area contributed by atoms with Gasteiger partial charge in [-0.25, -0.2) is 4.79 Å². The van der Waals surface area contributed by atoms with Crippen LogP contribution in [0.2, 0.25) is 0 Å². The van der Waals surface area contributed by atoms with Crippen LogP contribution >= 0.6 is 11.3 Å². The van der Waals surface area contributed by atoms with Crippen molar-refractivity contribution in [1.82, 2.24) is 5.32 Å². The van der Waals surface area contributed by atoms with E-state index in [0.717, 1.165) is 18.0 Å². The average molecular weight is 239 g/mol. The lowest BCUT2D eigenvalue weighted by Crippen LogP contribution is -2.16. The first-order chi connectivity index (χ1) is 7.77. The second kappa shape index (κ2) is 5.46. The van der Waals surface area contributed by atoms with Gasteiger partial charge >= 0.3 is 5.97 Å². The molecule has 16 heavy (non-hydrogen) atoms. The highest BCUT2D eigenvalue weighted by atomic mass is 32.1. The summed E-state index contributed by atoms with van der Waals surface area (Å²) in [6.45, 7) is 1.67. The Labute approximate surface area is 99.5 Å². The van der Waals surface area contributed by atoms with Gasteiger partial charge in [-0.2, -0.15) is 0 Å². The van der Waals surface area contributed by atoms with Crippen molar-refractivity contribution >= 4 is 17.3 Å². The average Bonchev–Trinajstić information content (AvgIpc) is 2.94. The van der Waals surface area contributed by atoms with E-state index in [1.165, 1.54) is 37.0 Å². The summed E-state index contributed by atoms with van der Waals surface area (Å²) in [4.78, 5) is 11.3. The smallest absolute Gasteiger partial charge is 0.346 e. The Morgan fingerprint density at radius 3 is 3.06 bits per heavy atom. The van der Waals surface area contributed by atoms with Crippen molar-refractivity contribution in [2.45, 2.75) is 32.2 Å². The minimum atomic E-state index is -0.815. The fourth-order valence-electron chi connectivity index (χ4n) is 1.81. The SMILES string of the molecule is O=C(O)c1sccc1CNCCCC1CC1. The van der Waals surface area contributed by atoms with Gasteiger partial charge in [0.1, 0.15) is 4.88 Å². The molecule has 1 aromatic heterocycles. The van der Waals surface area contributed by atoms with Gasteiger partial charge in [-0.3, -0.25) is 0 Å². The van der Waals surface area contributed by atoms with Crippen molar-refractivity contribution in [2.75, 3.05) is 6.54 Å². The second-order valence-electron chi connectivity index (χ2n) is 4.34. The van der Waals surface area contributed by atoms with Gasteiger partial charge in [0.25, 0.3) is 0 Å². The number of carboxylic acids is 1. The number of hydrogen-bond acceptors (Lipinski definition) is 3. The third kappa shape index (κ3) is 3.32. The maximum absolute atomic E-state index is 10.9. The Kier molecular flexibility index (Phi) is 3.96. The Bertz CT molecular complexity index is 358. The van der Waals surface area contributed by atoms with Gasteiger partial charge in [0.05, 0.1) is 0 Å². The second-order valence-corrected chi connectivity index (χ2v) is 5.26. The molecule has 0 amide bonds. The van der Waals surface area contributed by atoms with E-state index >= 15 is 0 Å². The highest BCUT2D eigenvalue weighted by Crippen LogP contribution is 2.33. The number of nitrogens with one attached hydrogen (secondary N) is 1. The summed E-state index contributed by atoms with van der Waals surface area (Å²) >= 11 is 1.30. The Morgan fingerprint density at radius 1 is 1.56 bits per heavy atom. The lowest BCUT2D eigenvalue weighted by atomic mass is 10.2. The molecule has 1 heterocycles. The Balaban J connectivity index is 1.67. The number of carboxylic acid groups (broad SMARTS) is 1. The minimum absolute atomic E-state index is 0.467. The Hall–Kier alpha value is -0.870. The molecule has 0 aliphatic heterocycles. The zero-order chi connectivity index (χ0) is 11.4. The van der Waals surface area contributed by atoms with Gasteiger partial charge in [-0.1, -0.05) is 12.8 Å². The monoisotopic (exact) mass is 239 g/mol. The molecular formula is C12H17NO2S. The van der Waals surface area contributed by atoms with Gasteiger partial charge in [-0.15, -0.1) is 11.3 Å². The Morgan fingerprint density at radius 2 is 2.38 bits per heavy atom. The molecule has 3 nitrogen and oxygen atoms in total. The molecule has 2 N–H and O–H groups in total. The first kappa shape index (κ1) is 11.6. The fraction of sp³-hybridized carbons (Fsp3) is 0.583. The minimum Gasteiger partial charge on any atom is -0.477 e. The lowest BCUT2D eigenvalue weighted by Gasteiger charge is -2.03. The van der Waals surface area contributed by atoms with Crippen LogP contribution in [0.25, 0.3) is 0 Å². The van der Waals surface area contributed by atoms with E-state index in [4.69, 9.17) is 5.11 Å². The molecule has 1 aliphatic carbocycles. The molecular weight excluding hydrogens is 222 g/mol. The summed E-state index contributed by atoms with van der Waals surface area (Å²) in [6.07, 6.45) is 5.35. The fourth-order valence-corrected chi connectivity index (χ4v) is 2.57. The molecule has 1 saturated carbocycles. The van der Waals surface area contributed by atoms with Crippen LogP contribution in [-0.2, 0) is 6.54 Å². The largest absolute Gasteiger partial charge is 0.477 e. The predicted octanol–water partition coefficient (Wildman–Crippen LogP) is 2.73. The van der Waals surface area contributed by atoms with E-state index in [0.29, 0.717) is 11.4 Å². The summed E-state index contributed by atoms with van der Waals surface area (Å²) in [6, 6.07) is 1.89. The van der Waals surface area contributed by atoms with Crippen molar-refractivity contribution in [3.63, 3.8) is 0 Å². The van der Waals surface area contributed by atoms with Crippen LogP contribution in [0.3, 0.4) is 0 Å². The van der Waals surface area contributed by atoms with Crippen LogP contribution in [0.15, 0.2) is 11.4 Å². The van der Waals surface area contributed by atoms with Crippen molar-refractivity contribution in [2.24, 2.45) is 5.92 Å². The molecule has 1 aromatic rings. The number of rotatable bonds is 7. The lowest BCUT2D eigenvalue weighted by molar-refractivity contribution is 0.0701. The summed E-state index contributed by atoms with van der Waals surface area (Å²) in [5.41, 5.74) is 0.906. The van der Waals surface area contributed by atoms with Gasteiger partial charge < -0.3 is 10.4 Å². The maximum Gasteiger partial charge on any atom is 0.346 e. The van der Waals surface area contributed by atoms with Gasteiger partial charge in [-0.05, 0) is 42.3 Å². The zero-order valence-corrected chi connectivity index (χ0v) is 10.1. The van der Waals surface area contributed by atoms with Gasteiger partial charge in [0.2, 0.25) is 0 Å². The molecule has 0 aromatic carbocycles. The quantitative estimate of drug-likeness (QED) is 0.719. The molecule has 0 atom stereocenters. The first-order valence-corrected chi connectivity index (χ1v) is 6.65. The van der Waals surface area contributed by atoms with E-state index in [1.807, 2.05) is 11.4 Å². The van der Waals surface area contributed by atoms with Crippen molar-refractivity contribution < 1.29 is 9.90 Å². The molecule has 4 heteroatoms. The van der Waals surface area contributed by atoms with Crippen LogP contribution < -0.4 is 5.32 Å². The molecule has 88 valence electrons. The summed E-state index contributed by atoms with van der Waals surface area (Å²) in [5.74, 6) is 0.169. The molecule has 2 rings (SSSR count). The van der Waals surface area contributed by atoms with E-state index in [9.17, 15) is 4.79 Å². The first-order valence-electron chi connectivity index (χ1n) is 5.77. The highest BCUT2D eigenvalue weighted by molar-refractivity contribution is 7.12. The maximum atomic E-state index is 10.9. The normalized spacial score (nSPS) is 15.2. The van der Waals surface area contributed by atoms with Crippen LogP contribution in [0.5, 0.6) is 0 Å². The number of hydrogen-bond donors (Lipinski definition) is 2. The molecule has 1 fully saturated rings. The molecule has 0 saturated heterocycles. The third-order valence-corrected chi connectivity index (χ3v) is 3.86. The molecule has 0 bridgehead atoms. The van der Waals surface area contributed by atoms with Crippen LogP contribution in [0.1, 0.15) is 40.9 Å². The highest BCUT2D eigenvalue weighted by Gasteiger charge is 2.19. The third-order valence-electron chi connectivity index (χ3n) is 2.92. The number of aromatic carboxylic acids is 1. The van der Waals surface area contributed by atoms with Crippen molar-refractivity contribution in [3.8, 4) is 0 Å². The molecule has 0 radical (unpaired) electrons. The van der Waals surface area contributed by atoms with Gasteiger partial charge in [0.15, 0.2) is 0 Å². The van der Waals surface area contributed by atoms with E-state index < -0.39 is 5.97 Å². The van der Waals surface area contributed by atoms with Crippen LogP contribution in [-0.4, -0.2) is 17.6 Å². The summed E-state index contributed by atoms with van der Waals surface area (Å²) in [5, 5.41) is 14.1. The number of thiophene rings is 1. The predicted molar refractivity (Wildman–Crippen MR) is 64.9 cm³/mol. The van der Waals surface area contributed by atoms with Crippen molar-refractivity contribution in [1.29, 1.82) is 0 Å². The molecule has 1 aliphatic rings. The topological polar surface area (TPSA) is 49.3 Å². The molecule has 0 spiro atoms. The van der Waals surface area contributed by atoms with Crippen LogP contribution in [0.4, 0.5) is 0 Å². The summed E-state index contributed by atoms with van der Waals surface area (Å²) in [7, 11) is 0. The van der Waals surface area contributed by atoms with E-state index in [1.54, 1.807) is 0 Å². The standard InChI is InChI=1S/C12H17NO2S/c14-12(15)11-10(5-7-16-11)8-13-6-1-2-9-3-4-9/h5,7,9,13H,1-4,6,8H2,(H,14,15). The number of carbonyl (C=O) groups is 1. The molecule has 0 unspecified atom stereocenters. The summed E-state index contributed by atoms with van der Waals surface area (Å²) < 4.78 is 0. The van der Waals surface area contributed by atoms with E-state index in [-0.39, 0.29) is 0 Å². The zero-order valence-electron chi connectivity index (χ0n) is 9.24. The van der Waals surface area contributed by atoms with E-state index in [2.05, 4.69) is 5.32 Å². The van der Waals surface area contributed by atoms with Crippen molar-refractivity contribution in [3.05, 3.63) is 21.9 Å². The van der Waals surface area contributed by atoms with Gasteiger partial charge in [0, 0.05) is 6.54 Å². The van der Waals surface area contributed by atoms with Crippen LogP contribution in [0, 0.1) is 5.92 Å².